The highest BCUT2D eigenvalue weighted by molar-refractivity contribution is 5.32. The van der Waals surface area contributed by atoms with Gasteiger partial charge in [0.2, 0.25) is 0 Å². The maximum Gasteiger partial charge on any atom is 0.124 e. The van der Waals surface area contributed by atoms with Gasteiger partial charge in [-0.2, -0.15) is 0 Å². The molecular weight excluding hydrogens is 356 g/mol. The lowest BCUT2D eigenvalue weighted by Crippen LogP contribution is -2.06. The normalized spacial score (nSPS) is 14.7. The fourth-order valence-electron chi connectivity index (χ4n) is 4.08. The summed E-state index contributed by atoms with van der Waals surface area (Å²) in [6, 6.07) is 7.77. The van der Waals surface area contributed by atoms with E-state index >= 15 is 0 Å². The van der Waals surface area contributed by atoms with Crippen LogP contribution in [0, 0.1) is 23.7 Å². The van der Waals surface area contributed by atoms with Crippen LogP contribution in [0.1, 0.15) is 104 Å². The highest BCUT2D eigenvalue weighted by Gasteiger charge is 2.09. The van der Waals surface area contributed by atoms with Crippen LogP contribution < -0.4 is 4.74 Å². The number of hydrogen-bond donors (Lipinski definition) is 1. The van der Waals surface area contributed by atoms with Gasteiger partial charge in [-0.1, -0.05) is 111 Å². The van der Waals surface area contributed by atoms with E-state index in [1.807, 2.05) is 24.3 Å². The third-order valence-electron chi connectivity index (χ3n) is 6.28. The molecule has 29 heavy (non-hydrogen) atoms. The molecule has 0 fully saturated rings. The smallest absolute Gasteiger partial charge is 0.124 e. The van der Waals surface area contributed by atoms with Crippen molar-refractivity contribution in [2.24, 2.45) is 23.7 Å². The van der Waals surface area contributed by atoms with E-state index in [4.69, 9.17) is 4.74 Å². The van der Waals surface area contributed by atoms with Crippen LogP contribution in [-0.4, -0.2) is 11.7 Å². The van der Waals surface area contributed by atoms with Gasteiger partial charge >= 0.3 is 0 Å². The summed E-state index contributed by atoms with van der Waals surface area (Å²) in [5.41, 5.74) is 0.878. The maximum atomic E-state index is 9.36. The van der Waals surface area contributed by atoms with E-state index in [-0.39, 0.29) is 6.61 Å². The Hall–Kier alpha value is -1.02. The number of para-hydroxylation sites is 1. The van der Waals surface area contributed by atoms with Gasteiger partial charge in [0.25, 0.3) is 0 Å². The fraction of sp³-hybridized carbons (Fsp3) is 0.778. The van der Waals surface area contributed by atoms with Crippen LogP contribution in [0.5, 0.6) is 5.75 Å². The largest absolute Gasteiger partial charge is 0.493 e. The van der Waals surface area contributed by atoms with Crippen LogP contribution >= 0.6 is 0 Å². The molecule has 0 heterocycles. The van der Waals surface area contributed by atoms with E-state index in [1.54, 1.807) is 0 Å². The summed E-state index contributed by atoms with van der Waals surface area (Å²) < 4.78 is 5.88. The van der Waals surface area contributed by atoms with Gasteiger partial charge in [-0.15, -0.1) is 0 Å². The summed E-state index contributed by atoms with van der Waals surface area (Å²) in [7, 11) is 0. The quantitative estimate of drug-likeness (QED) is 0.285. The molecule has 0 aromatic heterocycles. The van der Waals surface area contributed by atoms with Gasteiger partial charge in [-0.25, -0.2) is 0 Å². The first-order valence-electron chi connectivity index (χ1n) is 12.2. The second-order valence-corrected chi connectivity index (χ2v) is 9.91. The number of rotatable bonds is 17. The second kappa shape index (κ2) is 15.8. The van der Waals surface area contributed by atoms with Gasteiger partial charge in [-0.3, -0.25) is 0 Å². The zero-order valence-electron chi connectivity index (χ0n) is 20.0. The third-order valence-corrected chi connectivity index (χ3v) is 6.28. The average molecular weight is 405 g/mol. The highest BCUT2D eigenvalue weighted by atomic mass is 16.5. The van der Waals surface area contributed by atoms with Crippen molar-refractivity contribution >= 4 is 0 Å². The van der Waals surface area contributed by atoms with Gasteiger partial charge in [0.05, 0.1) is 13.2 Å². The molecule has 2 nitrogen and oxygen atoms in total. The van der Waals surface area contributed by atoms with Crippen molar-refractivity contribution in [1.82, 2.24) is 0 Å². The molecule has 3 unspecified atom stereocenters. The van der Waals surface area contributed by atoms with Crippen molar-refractivity contribution in [3.8, 4) is 5.75 Å². The minimum atomic E-state index is 0.0420. The first-order chi connectivity index (χ1) is 13.9. The van der Waals surface area contributed by atoms with E-state index in [2.05, 4.69) is 34.6 Å². The van der Waals surface area contributed by atoms with E-state index in [0.717, 1.165) is 42.1 Å². The van der Waals surface area contributed by atoms with Crippen molar-refractivity contribution in [2.45, 2.75) is 105 Å². The average Bonchev–Trinajstić information content (AvgIpc) is 2.68. The van der Waals surface area contributed by atoms with E-state index in [9.17, 15) is 5.11 Å². The number of aliphatic hydroxyl groups is 1. The number of ether oxygens (including phenoxy) is 1. The van der Waals surface area contributed by atoms with Gasteiger partial charge in [0, 0.05) is 5.56 Å². The second-order valence-electron chi connectivity index (χ2n) is 9.91. The topological polar surface area (TPSA) is 29.5 Å². The first-order valence-corrected chi connectivity index (χ1v) is 12.2. The Morgan fingerprint density at radius 3 is 1.69 bits per heavy atom. The first kappa shape index (κ1) is 26.0. The van der Waals surface area contributed by atoms with E-state index in [1.165, 1.54) is 57.8 Å². The molecule has 168 valence electrons. The van der Waals surface area contributed by atoms with Crippen molar-refractivity contribution in [2.75, 3.05) is 6.61 Å². The molecule has 0 aliphatic carbocycles. The Labute approximate surface area is 181 Å². The molecule has 1 rings (SSSR count). The molecule has 0 radical (unpaired) electrons. The van der Waals surface area contributed by atoms with Crippen molar-refractivity contribution in [3.63, 3.8) is 0 Å². The lowest BCUT2D eigenvalue weighted by molar-refractivity contribution is 0.249. The zero-order chi connectivity index (χ0) is 21.5. The van der Waals surface area contributed by atoms with E-state index in [0.29, 0.717) is 5.92 Å². The van der Waals surface area contributed by atoms with Crippen LogP contribution in [0.25, 0.3) is 0 Å². The monoisotopic (exact) mass is 404 g/mol. The summed E-state index contributed by atoms with van der Waals surface area (Å²) >= 11 is 0. The molecule has 2 heteroatoms. The van der Waals surface area contributed by atoms with Crippen LogP contribution in [-0.2, 0) is 6.61 Å². The van der Waals surface area contributed by atoms with Gasteiger partial charge in [-0.05, 0) is 36.2 Å². The van der Waals surface area contributed by atoms with Crippen molar-refractivity contribution in [1.29, 1.82) is 0 Å². The molecule has 0 saturated heterocycles. The fourth-order valence-corrected chi connectivity index (χ4v) is 4.08. The van der Waals surface area contributed by atoms with Crippen LogP contribution in [0.3, 0.4) is 0 Å². The predicted molar refractivity (Wildman–Crippen MR) is 126 cm³/mol. The molecule has 1 aromatic rings. The lowest BCUT2D eigenvalue weighted by Gasteiger charge is -2.17. The molecular formula is C27H48O2. The number of aliphatic hydroxyl groups excluding tert-OH is 1. The maximum absolute atomic E-state index is 9.36. The van der Waals surface area contributed by atoms with Crippen LogP contribution in [0.2, 0.25) is 0 Å². The molecule has 3 atom stereocenters. The SMILES string of the molecule is CC(C)CCCC(C)CCCC(C)CCCC(C)CCOc1ccccc1CO. The molecule has 0 aliphatic heterocycles. The Morgan fingerprint density at radius 1 is 0.690 bits per heavy atom. The Balaban J connectivity index is 2.04. The van der Waals surface area contributed by atoms with E-state index < -0.39 is 0 Å². The molecule has 0 bridgehead atoms. The number of benzene rings is 1. The Kier molecular flexibility index (Phi) is 14.1. The lowest BCUT2D eigenvalue weighted by atomic mass is 9.91. The van der Waals surface area contributed by atoms with Gasteiger partial charge < -0.3 is 9.84 Å². The molecule has 0 aliphatic rings. The van der Waals surface area contributed by atoms with Gasteiger partial charge in [0.1, 0.15) is 5.75 Å². The van der Waals surface area contributed by atoms with Crippen LogP contribution in [0.15, 0.2) is 24.3 Å². The summed E-state index contributed by atoms with van der Waals surface area (Å²) in [5, 5.41) is 9.36. The summed E-state index contributed by atoms with van der Waals surface area (Å²) in [6.45, 7) is 12.7. The Bertz CT molecular complexity index is 511. The number of hydrogen-bond acceptors (Lipinski definition) is 2. The summed E-state index contributed by atoms with van der Waals surface area (Å²) in [5.74, 6) is 4.14. The van der Waals surface area contributed by atoms with Crippen molar-refractivity contribution < 1.29 is 9.84 Å². The van der Waals surface area contributed by atoms with Gasteiger partial charge in [0.15, 0.2) is 0 Å². The Morgan fingerprint density at radius 2 is 1.17 bits per heavy atom. The summed E-state index contributed by atoms with van der Waals surface area (Å²) in [6.07, 6.45) is 13.5. The summed E-state index contributed by atoms with van der Waals surface area (Å²) in [4.78, 5) is 0. The highest BCUT2D eigenvalue weighted by Crippen LogP contribution is 2.23. The minimum Gasteiger partial charge on any atom is -0.493 e. The third kappa shape index (κ3) is 13.0. The molecule has 0 amide bonds. The van der Waals surface area contributed by atoms with Crippen molar-refractivity contribution in [3.05, 3.63) is 29.8 Å². The van der Waals surface area contributed by atoms with Crippen LogP contribution in [0.4, 0.5) is 0 Å². The minimum absolute atomic E-state index is 0.0420. The zero-order valence-corrected chi connectivity index (χ0v) is 20.0. The molecule has 0 spiro atoms. The molecule has 1 N–H and O–H groups in total. The molecule has 1 aromatic carbocycles. The predicted octanol–water partition coefficient (Wildman–Crippen LogP) is 8.02. The standard InChI is InChI=1S/C27H48O2/c1-22(2)11-8-12-23(3)13-9-14-24(4)15-10-16-25(5)19-20-29-27-18-7-6-17-26(27)21-28/h6-7,17-18,22-25,28H,8-16,19-21H2,1-5H3. The molecule has 0 saturated carbocycles.